The van der Waals surface area contributed by atoms with E-state index in [1.54, 1.807) is 0 Å². The largest absolute Gasteiger partial charge is 0.478 e. The van der Waals surface area contributed by atoms with E-state index in [4.69, 9.17) is 14.0 Å². The smallest absolute Gasteiger partial charge is 0.472 e. The average Bonchev–Trinajstić information content (AvgIpc) is 3.08. The number of benzene rings is 3. The van der Waals surface area contributed by atoms with Gasteiger partial charge in [-0.25, -0.2) is 27.1 Å². The Bertz CT molecular complexity index is 1990. The number of anilines is 1. The number of phosphoric ester groups is 1. The molecule has 4 rings (SSSR count). The molecule has 0 bridgehead atoms. The Balaban J connectivity index is 1.78. The van der Waals surface area contributed by atoms with Crippen LogP contribution in [0.15, 0.2) is 63.9 Å². The maximum atomic E-state index is 13.2. The number of aliphatic hydroxyl groups excluding tert-OH is 2. The fourth-order valence-corrected chi connectivity index (χ4v) is 7.30. The molecule has 1 aliphatic carbocycles. The molecule has 266 valence electrons. The lowest BCUT2D eigenvalue weighted by molar-refractivity contribution is 0.0366. The molecule has 14 nitrogen and oxygen atoms in total. The second kappa shape index (κ2) is 16.4. The lowest BCUT2D eigenvalue weighted by Crippen LogP contribution is -2.29. The number of sulfonamides is 1. The third-order valence-electron chi connectivity index (χ3n) is 8.04. The highest BCUT2D eigenvalue weighted by Crippen LogP contribution is 2.44. The summed E-state index contributed by atoms with van der Waals surface area (Å²) in [5, 5.41) is 30.0. The Labute approximate surface area is 284 Å². The zero-order valence-electron chi connectivity index (χ0n) is 27.8. The molecule has 1 heterocycles. The van der Waals surface area contributed by atoms with Gasteiger partial charge in [-0.1, -0.05) is 6.07 Å². The zero-order valence-corrected chi connectivity index (χ0v) is 29.5. The van der Waals surface area contributed by atoms with Gasteiger partial charge >= 0.3 is 13.8 Å². The van der Waals surface area contributed by atoms with Crippen molar-refractivity contribution in [3.8, 4) is 22.5 Å². The number of carboxylic acid groups (broad SMARTS) is 1. The van der Waals surface area contributed by atoms with Crippen molar-refractivity contribution in [2.24, 2.45) is 0 Å². The summed E-state index contributed by atoms with van der Waals surface area (Å²) in [6.45, 7) is 8.90. The molecule has 0 saturated heterocycles. The summed E-state index contributed by atoms with van der Waals surface area (Å²) in [5.74, 6) is -0.810. The fraction of sp³-hybridized carbons (Fsp3) is 0.394. The number of aliphatic hydroxyl groups is 2. The molecule has 2 aliphatic rings. The van der Waals surface area contributed by atoms with E-state index in [0.29, 0.717) is 27.9 Å². The Morgan fingerprint density at radius 3 is 2.33 bits per heavy atom. The molecule has 0 saturated carbocycles. The fourth-order valence-electron chi connectivity index (χ4n) is 5.50. The molecule has 49 heavy (non-hydrogen) atoms. The number of hydrogen-bond acceptors (Lipinski definition) is 10. The molecule has 2 atom stereocenters. The van der Waals surface area contributed by atoms with Gasteiger partial charge < -0.3 is 29.5 Å². The van der Waals surface area contributed by atoms with Crippen molar-refractivity contribution in [1.82, 2.24) is 9.30 Å². The van der Waals surface area contributed by atoms with Gasteiger partial charge in [0.15, 0.2) is 0 Å². The number of carbonyl (C=O) groups is 1. The molecule has 2 aromatic rings. The minimum atomic E-state index is -4.64. The first-order valence-corrected chi connectivity index (χ1v) is 18.9. The number of rotatable bonds is 17. The summed E-state index contributed by atoms with van der Waals surface area (Å²) in [7, 11) is -8.94. The summed E-state index contributed by atoms with van der Waals surface area (Å²) in [4.78, 5) is 24.2. The molecule has 0 radical (unpaired) electrons. The topological polar surface area (TPSA) is 199 Å². The van der Waals surface area contributed by atoms with E-state index in [9.17, 15) is 32.9 Å². The minimum absolute atomic E-state index is 0.260. The van der Waals surface area contributed by atoms with Crippen LogP contribution in [-0.2, 0) is 23.6 Å². The normalized spacial score (nSPS) is 13.8. The highest BCUT2D eigenvalue weighted by molar-refractivity contribution is 7.89. The van der Waals surface area contributed by atoms with Gasteiger partial charge in [0.25, 0.3) is 0 Å². The van der Waals surface area contributed by atoms with Gasteiger partial charge in [-0.3, -0.25) is 9.05 Å². The van der Waals surface area contributed by atoms with E-state index in [2.05, 4.69) is 46.4 Å². The van der Waals surface area contributed by atoms with Gasteiger partial charge in [0.2, 0.25) is 15.4 Å². The molecule has 0 amide bonds. The monoisotopic (exact) mass is 720 g/mol. The SMILES string of the molecule is CCN(CC)c1ccc2c(-c3ccc(S(=O)(=O)NCCOP(=O)(O)OC[C@H](O)CO)cc3C(=O)O)c3ccc(=[N+](CC)CC)cc-3oc2c1. The van der Waals surface area contributed by atoms with E-state index < -0.39 is 56.3 Å². The quantitative estimate of drug-likeness (QED) is 0.0462. The van der Waals surface area contributed by atoms with Crippen LogP contribution < -0.4 is 19.6 Å². The van der Waals surface area contributed by atoms with Crippen molar-refractivity contribution in [2.75, 3.05) is 57.4 Å². The molecular weight excluding hydrogens is 677 g/mol. The third kappa shape index (κ3) is 8.93. The van der Waals surface area contributed by atoms with Crippen molar-refractivity contribution in [1.29, 1.82) is 0 Å². The van der Waals surface area contributed by atoms with Crippen LogP contribution in [0.3, 0.4) is 0 Å². The van der Waals surface area contributed by atoms with Gasteiger partial charge in [0.1, 0.15) is 30.5 Å². The number of carboxylic acids is 1. The van der Waals surface area contributed by atoms with Crippen molar-refractivity contribution < 1.29 is 51.5 Å². The minimum Gasteiger partial charge on any atom is -0.478 e. The lowest BCUT2D eigenvalue weighted by atomic mass is 9.90. The van der Waals surface area contributed by atoms with Crippen molar-refractivity contribution in [3.63, 3.8) is 0 Å². The highest BCUT2D eigenvalue weighted by Gasteiger charge is 2.26. The maximum absolute atomic E-state index is 13.2. The van der Waals surface area contributed by atoms with Crippen LogP contribution >= 0.6 is 7.82 Å². The molecule has 2 aromatic carbocycles. The average molecular weight is 721 g/mol. The van der Waals surface area contributed by atoms with Crippen LogP contribution in [0.2, 0.25) is 0 Å². The predicted octanol–water partition coefficient (Wildman–Crippen LogP) is 3.33. The standard InChI is InChI=1S/C33H42N3O11PS/c1-5-35(6-2)22-9-12-27-30(17-22)47-31-18-23(36(7-3)8-4)10-13-28(31)32(27)26-14-11-25(19-29(26)33(39)40)49(43,44)34-15-16-45-48(41,42)46-21-24(38)20-37/h9-14,17-19,24,34,37-38H,5-8,15-16,20-21H2,1-4H3,(H-,39,40,41,42)/p+1/t24-/m1/s1. The zero-order chi connectivity index (χ0) is 35.9. The second-order valence-electron chi connectivity index (χ2n) is 11.0. The van der Waals surface area contributed by atoms with Crippen molar-refractivity contribution in [2.45, 2.75) is 38.7 Å². The first-order valence-electron chi connectivity index (χ1n) is 15.9. The van der Waals surface area contributed by atoms with Crippen LogP contribution in [-0.4, -0.2) is 93.2 Å². The summed E-state index contributed by atoms with van der Waals surface area (Å²) < 4.78 is 58.4. The van der Waals surface area contributed by atoms with Gasteiger partial charge in [-0.05, 0) is 63.6 Å². The maximum Gasteiger partial charge on any atom is 0.472 e. The van der Waals surface area contributed by atoms with E-state index >= 15 is 0 Å². The van der Waals surface area contributed by atoms with Gasteiger partial charge in [0, 0.05) is 54.0 Å². The number of phosphoric acid groups is 1. The molecular formula is C33H43N3O11PS+. The third-order valence-corrected chi connectivity index (χ3v) is 10.5. The van der Waals surface area contributed by atoms with Crippen LogP contribution in [0, 0.1) is 0 Å². The molecule has 0 fully saturated rings. The molecule has 0 spiro atoms. The molecule has 1 aliphatic heterocycles. The van der Waals surface area contributed by atoms with Crippen LogP contribution in [0.4, 0.5) is 5.69 Å². The number of nitrogens with zero attached hydrogens (tertiary/aromatic N) is 2. The number of nitrogens with one attached hydrogen (secondary N) is 1. The summed E-state index contributed by atoms with van der Waals surface area (Å²) in [5.41, 5.74) is 2.72. The van der Waals surface area contributed by atoms with Crippen LogP contribution in [0.1, 0.15) is 38.1 Å². The summed E-state index contributed by atoms with van der Waals surface area (Å²) >= 11 is 0. The highest BCUT2D eigenvalue weighted by atomic mass is 32.2. The Morgan fingerprint density at radius 2 is 1.69 bits per heavy atom. The van der Waals surface area contributed by atoms with Gasteiger partial charge in [-0.15, -0.1) is 0 Å². The van der Waals surface area contributed by atoms with Crippen LogP contribution in [0.25, 0.3) is 33.4 Å². The predicted molar refractivity (Wildman–Crippen MR) is 185 cm³/mol. The van der Waals surface area contributed by atoms with Gasteiger partial charge in [0.05, 0.1) is 36.3 Å². The van der Waals surface area contributed by atoms with E-state index in [1.165, 1.54) is 12.1 Å². The lowest BCUT2D eigenvalue weighted by Gasteiger charge is -2.22. The van der Waals surface area contributed by atoms with E-state index in [1.807, 2.05) is 36.4 Å². The molecule has 5 N–H and O–H groups in total. The summed E-state index contributed by atoms with van der Waals surface area (Å²) in [6, 6.07) is 15.3. The Kier molecular flexibility index (Phi) is 12.7. The number of fused-ring (bicyclic) bond motifs is 2. The van der Waals surface area contributed by atoms with Gasteiger partial charge in [-0.2, -0.15) is 0 Å². The Morgan fingerprint density at radius 1 is 1.00 bits per heavy atom. The Hall–Kier alpha value is -3.66. The van der Waals surface area contributed by atoms with E-state index in [0.717, 1.165) is 43.3 Å². The van der Waals surface area contributed by atoms with E-state index in [-0.39, 0.29) is 16.0 Å². The number of aromatic carboxylic acids is 1. The molecule has 16 heteroatoms. The van der Waals surface area contributed by atoms with Crippen molar-refractivity contribution >= 4 is 40.5 Å². The summed E-state index contributed by atoms with van der Waals surface area (Å²) in [6.07, 6.45) is -1.40. The van der Waals surface area contributed by atoms with Crippen molar-refractivity contribution in [3.05, 3.63) is 65.5 Å². The molecule has 1 unspecified atom stereocenters. The second-order valence-corrected chi connectivity index (χ2v) is 14.2. The van der Waals surface area contributed by atoms with Crippen LogP contribution in [0.5, 0.6) is 0 Å². The molecule has 0 aromatic heterocycles. The first kappa shape index (κ1) is 38.1. The first-order chi connectivity index (χ1) is 23.3. The number of hydrogen-bond donors (Lipinski definition) is 5.